The average molecular weight is 351 g/mol. The maximum absolute atomic E-state index is 12.5. The van der Waals surface area contributed by atoms with Crippen molar-refractivity contribution >= 4 is 18.3 Å². The van der Waals surface area contributed by atoms with Gasteiger partial charge in [0.25, 0.3) is 0 Å². The van der Waals surface area contributed by atoms with Crippen molar-refractivity contribution in [3.63, 3.8) is 0 Å². The van der Waals surface area contributed by atoms with Crippen LogP contribution in [0.3, 0.4) is 0 Å². The second kappa shape index (κ2) is 8.85. The highest BCUT2D eigenvalue weighted by molar-refractivity contribution is 5.85. The fraction of sp³-hybridized carbons (Fsp3) is 0.444. The molecule has 2 rings (SSSR count). The number of carbonyl (C=O) groups is 1. The van der Waals surface area contributed by atoms with Gasteiger partial charge < -0.3 is 10.6 Å². The van der Waals surface area contributed by atoms with Crippen molar-refractivity contribution in [2.45, 2.75) is 38.8 Å². The van der Waals surface area contributed by atoms with Gasteiger partial charge in [0, 0.05) is 18.8 Å². The number of amides is 1. The second-order valence-electron chi connectivity index (χ2n) is 6.22. The van der Waals surface area contributed by atoms with E-state index < -0.39 is 6.04 Å². The maximum atomic E-state index is 12.5. The first-order chi connectivity index (χ1) is 10.9. The molecule has 1 amide bonds. The molecule has 2 unspecified atom stereocenters. The molecule has 0 aliphatic rings. The third-order valence-electron chi connectivity index (χ3n) is 4.07. The van der Waals surface area contributed by atoms with Crippen molar-refractivity contribution in [1.29, 1.82) is 0 Å². The SMILES string of the molecule is CNC(C(=O)NC(C)c1ccc(C(C)C)cc1)c1cnn(C)c1.Cl. The molecule has 0 aliphatic carbocycles. The summed E-state index contributed by atoms with van der Waals surface area (Å²) in [7, 11) is 3.62. The Balaban J connectivity index is 0.00000288. The number of nitrogens with zero attached hydrogens (tertiary/aromatic N) is 2. The quantitative estimate of drug-likeness (QED) is 0.841. The molecule has 5 nitrogen and oxygen atoms in total. The Morgan fingerprint density at radius 2 is 1.67 bits per heavy atom. The van der Waals surface area contributed by atoms with E-state index >= 15 is 0 Å². The summed E-state index contributed by atoms with van der Waals surface area (Å²) in [6.07, 6.45) is 3.56. The van der Waals surface area contributed by atoms with E-state index in [0.29, 0.717) is 5.92 Å². The van der Waals surface area contributed by atoms with Gasteiger partial charge in [-0.05, 0) is 31.0 Å². The molecule has 2 atom stereocenters. The lowest BCUT2D eigenvalue weighted by Gasteiger charge is -2.20. The summed E-state index contributed by atoms with van der Waals surface area (Å²) in [6, 6.07) is 7.97. The fourth-order valence-corrected chi connectivity index (χ4v) is 2.59. The zero-order valence-electron chi connectivity index (χ0n) is 14.9. The van der Waals surface area contributed by atoms with E-state index in [1.165, 1.54) is 5.56 Å². The largest absolute Gasteiger partial charge is 0.348 e. The standard InChI is InChI=1S/C18H26N4O.ClH/c1-12(2)14-6-8-15(9-7-14)13(3)21-18(23)17(19-4)16-10-20-22(5)11-16;/h6-13,17,19H,1-5H3,(H,21,23);1H. The Morgan fingerprint density at radius 3 is 2.12 bits per heavy atom. The number of rotatable bonds is 6. The van der Waals surface area contributed by atoms with E-state index in [-0.39, 0.29) is 24.4 Å². The summed E-state index contributed by atoms with van der Waals surface area (Å²) in [6.45, 7) is 6.34. The van der Waals surface area contributed by atoms with Gasteiger partial charge in [0.05, 0.1) is 12.2 Å². The molecule has 0 fully saturated rings. The molecule has 2 aromatic rings. The van der Waals surface area contributed by atoms with Gasteiger partial charge in [-0.3, -0.25) is 9.48 Å². The van der Waals surface area contributed by atoms with Gasteiger partial charge >= 0.3 is 0 Å². The van der Waals surface area contributed by atoms with Gasteiger partial charge in [-0.2, -0.15) is 5.10 Å². The number of aromatic nitrogens is 2. The molecule has 1 aromatic heterocycles. The zero-order valence-corrected chi connectivity index (χ0v) is 15.7. The van der Waals surface area contributed by atoms with Crippen molar-refractivity contribution in [1.82, 2.24) is 20.4 Å². The van der Waals surface area contributed by atoms with Gasteiger partial charge in [0.2, 0.25) is 5.91 Å². The first kappa shape index (κ1) is 20.2. The molecule has 0 bridgehead atoms. The van der Waals surface area contributed by atoms with Gasteiger partial charge in [-0.1, -0.05) is 38.1 Å². The van der Waals surface area contributed by atoms with Gasteiger partial charge in [0.1, 0.15) is 6.04 Å². The van der Waals surface area contributed by atoms with Crippen LogP contribution in [0.15, 0.2) is 36.7 Å². The summed E-state index contributed by atoms with van der Waals surface area (Å²) in [5.41, 5.74) is 3.26. The topological polar surface area (TPSA) is 59.0 Å². The minimum atomic E-state index is -0.402. The average Bonchev–Trinajstić information content (AvgIpc) is 2.94. The van der Waals surface area contributed by atoms with Crippen molar-refractivity contribution < 1.29 is 4.79 Å². The highest BCUT2D eigenvalue weighted by atomic mass is 35.5. The van der Waals surface area contributed by atoms with Crippen LogP contribution in [-0.2, 0) is 11.8 Å². The monoisotopic (exact) mass is 350 g/mol. The zero-order chi connectivity index (χ0) is 17.0. The van der Waals surface area contributed by atoms with Crippen molar-refractivity contribution in [2.24, 2.45) is 7.05 Å². The Bertz CT molecular complexity index is 651. The van der Waals surface area contributed by atoms with Crippen LogP contribution in [0.4, 0.5) is 0 Å². The molecular formula is C18H27ClN4O. The van der Waals surface area contributed by atoms with Crippen LogP contribution >= 0.6 is 12.4 Å². The molecule has 1 aromatic carbocycles. The third-order valence-corrected chi connectivity index (χ3v) is 4.07. The van der Waals surface area contributed by atoms with E-state index in [9.17, 15) is 4.79 Å². The maximum Gasteiger partial charge on any atom is 0.242 e. The second-order valence-corrected chi connectivity index (χ2v) is 6.22. The lowest BCUT2D eigenvalue weighted by molar-refractivity contribution is -0.123. The summed E-state index contributed by atoms with van der Waals surface area (Å²) in [5, 5.41) is 10.2. The number of carbonyl (C=O) groups excluding carboxylic acids is 1. The van der Waals surface area contributed by atoms with E-state index in [1.807, 2.05) is 20.2 Å². The Morgan fingerprint density at radius 1 is 1.08 bits per heavy atom. The Kier molecular flexibility index (Phi) is 7.45. The van der Waals surface area contributed by atoms with Crippen LogP contribution in [-0.4, -0.2) is 22.7 Å². The molecule has 132 valence electrons. The van der Waals surface area contributed by atoms with Crippen molar-refractivity contribution in [2.75, 3.05) is 7.05 Å². The highest BCUT2D eigenvalue weighted by Crippen LogP contribution is 2.20. The van der Waals surface area contributed by atoms with Crippen LogP contribution in [0, 0.1) is 0 Å². The highest BCUT2D eigenvalue weighted by Gasteiger charge is 2.22. The minimum absolute atomic E-state index is 0. The van der Waals surface area contributed by atoms with Crippen LogP contribution in [0.5, 0.6) is 0 Å². The fourth-order valence-electron chi connectivity index (χ4n) is 2.59. The molecule has 0 spiro atoms. The number of aryl methyl sites for hydroxylation is 1. The Hall–Kier alpha value is -1.85. The number of halogens is 1. The third kappa shape index (κ3) is 4.82. The summed E-state index contributed by atoms with van der Waals surface area (Å²) in [4.78, 5) is 12.5. The van der Waals surface area contributed by atoms with Crippen molar-refractivity contribution in [3.05, 3.63) is 53.3 Å². The molecule has 0 saturated heterocycles. The minimum Gasteiger partial charge on any atom is -0.348 e. The van der Waals surface area contributed by atoms with Crippen LogP contribution in [0.25, 0.3) is 0 Å². The number of benzene rings is 1. The summed E-state index contributed by atoms with van der Waals surface area (Å²) < 4.78 is 1.70. The Labute approximate surface area is 150 Å². The molecule has 0 aliphatic heterocycles. The number of hydrogen-bond donors (Lipinski definition) is 2. The van der Waals surface area contributed by atoms with E-state index in [1.54, 1.807) is 17.9 Å². The van der Waals surface area contributed by atoms with Crippen LogP contribution in [0.1, 0.15) is 55.5 Å². The lowest BCUT2D eigenvalue weighted by atomic mass is 9.99. The summed E-state index contributed by atoms with van der Waals surface area (Å²) in [5.74, 6) is 0.453. The summed E-state index contributed by atoms with van der Waals surface area (Å²) >= 11 is 0. The molecule has 6 heteroatoms. The predicted molar refractivity (Wildman–Crippen MR) is 99.3 cm³/mol. The number of hydrogen-bond acceptors (Lipinski definition) is 3. The molecule has 1 heterocycles. The normalized spacial score (nSPS) is 13.2. The lowest BCUT2D eigenvalue weighted by Crippen LogP contribution is -2.37. The number of nitrogens with one attached hydrogen (secondary N) is 2. The molecule has 24 heavy (non-hydrogen) atoms. The molecule has 2 N–H and O–H groups in total. The van der Waals surface area contributed by atoms with Gasteiger partial charge in [0.15, 0.2) is 0 Å². The van der Waals surface area contributed by atoms with Gasteiger partial charge in [-0.25, -0.2) is 0 Å². The van der Waals surface area contributed by atoms with Gasteiger partial charge in [-0.15, -0.1) is 12.4 Å². The number of likely N-dealkylation sites (N-methyl/N-ethyl adjacent to an activating group) is 1. The first-order valence-corrected chi connectivity index (χ1v) is 7.98. The first-order valence-electron chi connectivity index (χ1n) is 7.98. The van der Waals surface area contributed by atoms with E-state index in [4.69, 9.17) is 0 Å². The van der Waals surface area contributed by atoms with Crippen LogP contribution < -0.4 is 10.6 Å². The van der Waals surface area contributed by atoms with E-state index in [0.717, 1.165) is 11.1 Å². The van der Waals surface area contributed by atoms with Crippen LogP contribution in [0.2, 0.25) is 0 Å². The van der Waals surface area contributed by atoms with Crippen molar-refractivity contribution in [3.8, 4) is 0 Å². The smallest absolute Gasteiger partial charge is 0.242 e. The van der Waals surface area contributed by atoms with E-state index in [2.05, 4.69) is 53.8 Å². The molecular weight excluding hydrogens is 324 g/mol. The molecule has 0 radical (unpaired) electrons. The molecule has 0 saturated carbocycles. The predicted octanol–water partition coefficient (Wildman–Crippen LogP) is 3.10.